The van der Waals surface area contributed by atoms with Gasteiger partial charge >= 0.3 is 0 Å². The van der Waals surface area contributed by atoms with Crippen molar-refractivity contribution in [2.45, 2.75) is 29.7 Å². The fourth-order valence-corrected chi connectivity index (χ4v) is 4.54. The number of sulfonamides is 1. The van der Waals surface area contributed by atoms with Crippen LogP contribution >= 0.6 is 0 Å². The molecule has 0 aliphatic heterocycles. The van der Waals surface area contributed by atoms with Gasteiger partial charge in [-0.25, -0.2) is 31.5 Å². The molecule has 0 radical (unpaired) electrons. The zero-order valence-electron chi connectivity index (χ0n) is 17.4. The van der Waals surface area contributed by atoms with Crippen LogP contribution < -0.4 is 4.72 Å². The molecule has 0 atom stereocenters. The van der Waals surface area contributed by atoms with Crippen LogP contribution in [0.3, 0.4) is 0 Å². The molecule has 1 aromatic heterocycles. The summed E-state index contributed by atoms with van der Waals surface area (Å²) in [5, 5.41) is 10.6. The topological polar surface area (TPSA) is 149 Å². The smallest absolute Gasteiger partial charge is 0.258 e. The van der Waals surface area contributed by atoms with Crippen molar-refractivity contribution in [2.24, 2.45) is 0 Å². The van der Waals surface area contributed by atoms with Crippen molar-refractivity contribution in [1.29, 1.82) is 0 Å². The Bertz CT molecular complexity index is 1400. The first-order valence-electron chi connectivity index (χ1n) is 9.34. The van der Waals surface area contributed by atoms with E-state index >= 15 is 0 Å². The number of sulfone groups is 1. The minimum Gasteiger partial charge on any atom is -0.258 e. The number of rotatable bonds is 7. The van der Waals surface area contributed by atoms with Crippen molar-refractivity contribution in [3.8, 4) is 11.3 Å². The van der Waals surface area contributed by atoms with E-state index in [9.17, 15) is 26.9 Å². The van der Waals surface area contributed by atoms with Crippen molar-refractivity contribution >= 4 is 31.5 Å². The van der Waals surface area contributed by atoms with E-state index in [0.717, 1.165) is 24.0 Å². The summed E-state index contributed by atoms with van der Waals surface area (Å²) in [5.74, 6) is -0.374. The molecule has 0 spiro atoms. The Hall–Kier alpha value is -3.38. The maximum absolute atomic E-state index is 12.8. The van der Waals surface area contributed by atoms with Crippen molar-refractivity contribution in [1.82, 2.24) is 9.97 Å². The summed E-state index contributed by atoms with van der Waals surface area (Å²) in [6.45, 7) is 3.92. The summed E-state index contributed by atoms with van der Waals surface area (Å²) in [5.41, 5.74) is 1.33. The van der Waals surface area contributed by atoms with Gasteiger partial charge in [-0.15, -0.1) is 0 Å². The molecule has 0 unspecified atom stereocenters. The summed E-state index contributed by atoms with van der Waals surface area (Å²) in [6, 6.07) is 12.9. The number of nitro groups is 1. The van der Waals surface area contributed by atoms with E-state index in [-0.39, 0.29) is 21.5 Å². The second-order valence-corrected chi connectivity index (χ2v) is 10.9. The standard InChI is InChI=1S/C20H20N4O6S2/c1-13(2)16-9-4-5-10-17(16)18-12-19(31(3,27)28)22-20(21-18)23-32(29,30)15-8-6-7-14(11-15)24(25)26/h4-13H,1-3H3,(H,21,22,23). The second kappa shape index (κ2) is 8.63. The van der Waals surface area contributed by atoms with Crippen LogP contribution in [-0.4, -0.2) is 38.0 Å². The van der Waals surface area contributed by atoms with Gasteiger partial charge in [0, 0.05) is 30.0 Å². The van der Waals surface area contributed by atoms with Crippen molar-refractivity contribution in [3.05, 3.63) is 70.3 Å². The molecular weight excluding hydrogens is 456 g/mol. The lowest BCUT2D eigenvalue weighted by molar-refractivity contribution is -0.385. The fraction of sp³-hybridized carbons (Fsp3) is 0.200. The van der Waals surface area contributed by atoms with Crippen LogP contribution in [0.4, 0.5) is 11.6 Å². The molecule has 3 aromatic rings. The minimum atomic E-state index is -4.33. The lowest BCUT2D eigenvalue weighted by atomic mass is 9.95. The highest BCUT2D eigenvalue weighted by molar-refractivity contribution is 7.92. The predicted molar refractivity (Wildman–Crippen MR) is 119 cm³/mol. The van der Waals surface area contributed by atoms with Crippen LogP contribution in [0, 0.1) is 10.1 Å². The van der Waals surface area contributed by atoms with E-state index in [0.29, 0.717) is 5.56 Å². The zero-order chi connectivity index (χ0) is 23.7. The Morgan fingerprint density at radius 2 is 1.66 bits per heavy atom. The van der Waals surface area contributed by atoms with Gasteiger partial charge in [0.15, 0.2) is 14.9 Å². The highest BCUT2D eigenvalue weighted by atomic mass is 32.2. The Balaban J connectivity index is 2.15. The van der Waals surface area contributed by atoms with Crippen molar-refractivity contribution < 1.29 is 21.8 Å². The van der Waals surface area contributed by atoms with Crippen LogP contribution in [0.25, 0.3) is 11.3 Å². The van der Waals surface area contributed by atoms with E-state index in [1.165, 1.54) is 18.2 Å². The number of nitro benzene ring substituents is 1. The highest BCUT2D eigenvalue weighted by Gasteiger charge is 2.22. The van der Waals surface area contributed by atoms with Crippen LogP contribution in [0.1, 0.15) is 25.3 Å². The number of benzene rings is 2. The highest BCUT2D eigenvalue weighted by Crippen LogP contribution is 2.30. The number of hydrogen-bond donors (Lipinski definition) is 1. The number of nitrogens with one attached hydrogen (secondary N) is 1. The molecular formula is C20H20N4O6S2. The monoisotopic (exact) mass is 476 g/mol. The largest absolute Gasteiger partial charge is 0.270 e. The summed E-state index contributed by atoms with van der Waals surface area (Å²) < 4.78 is 52.1. The average molecular weight is 477 g/mol. The van der Waals surface area contributed by atoms with Gasteiger partial charge in [0.25, 0.3) is 15.7 Å². The van der Waals surface area contributed by atoms with Crippen molar-refractivity contribution in [3.63, 3.8) is 0 Å². The van der Waals surface area contributed by atoms with Gasteiger partial charge < -0.3 is 0 Å². The van der Waals surface area contributed by atoms with E-state index in [1.807, 2.05) is 26.0 Å². The van der Waals surface area contributed by atoms with E-state index in [2.05, 4.69) is 14.7 Å². The Morgan fingerprint density at radius 3 is 2.28 bits per heavy atom. The van der Waals surface area contributed by atoms with Gasteiger partial charge in [-0.3, -0.25) is 10.1 Å². The molecule has 1 heterocycles. The van der Waals surface area contributed by atoms with Gasteiger partial charge in [0.1, 0.15) is 0 Å². The molecule has 10 nitrogen and oxygen atoms in total. The maximum Gasteiger partial charge on any atom is 0.270 e. The van der Waals surface area contributed by atoms with Gasteiger partial charge in [-0.1, -0.05) is 44.2 Å². The normalized spacial score (nSPS) is 12.0. The minimum absolute atomic E-state index is 0.0906. The van der Waals surface area contributed by atoms with E-state index < -0.39 is 36.4 Å². The zero-order valence-corrected chi connectivity index (χ0v) is 19.0. The van der Waals surface area contributed by atoms with Gasteiger partial charge in [0.05, 0.1) is 15.5 Å². The van der Waals surface area contributed by atoms with E-state index in [4.69, 9.17) is 0 Å². The van der Waals surface area contributed by atoms with Crippen LogP contribution in [0.2, 0.25) is 0 Å². The van der Waals surface area contributed by atoms with Crippen LogP contribution in [0.5, 0.6) is 0 Å². The van der Waals surface area contributed by atoms with Crippen LogP contribution in [-0.2, 0) is 19.9 Å². The molecule has 0 amide bonds. The number of nitrogens with zero attached hydrogens (tertiary/aromatic N) is 3. The molecule has 0 saturated heterocycles. The molecule has 168 valence electrons. The van der Waals surface area contributed by atoms with Crippen molar-refractivity contribution in [2.75, 3.05) is 11.0 Å². The number of anilines is 1. The number of aromatic nitrogens is 2. The van der Waals surface area contributed by atoms with E-state index in [1.54, 1.807) is 12.1 Å². The Labute approximate surface area is 185 Å². The van der Waals surface area contributed by atoms with Gasteiger partial charge in [-0.2, -0.15) is 0 Å². The third kappa shape index (κ3) is 5.08. The molecule has 0 bridgehead atoms. The molecule has 12 heteroatoms. The summed E-state index contributed by atoms with van der Waals surface area (Å²) in [7, 11) is -8.13. The predicted octanol–water partition coefficient (Wildman–Crippen LogP) is 3.38. The molecule has 2 aromatic carbocycles. The molecule has 0 aliphatic rings. The number of hydrogen-bond acceptors (Lipinski definition) is 8. The first kappa shape index (κ1) is 23.3. The number of non-ortho nitro benzene ring substituents is 1. The molecule has 0 saturated carbocycles. The molecule has 1 N–H and O–H groups in total. The first-order valence-corrected chi connectivity index (χ1v) is 12.7. The van der Waals surface area contributed by atoms with Gasteiger partial charge in [-0.05, 0) is 17.5 Å². The average Bonchev–Trinajstić information content (AvgIpc) is 2.72. The molecule has 3 rings (SSSR count). The summed E-state index contributed by atoms with van der Waals surface area (Å²) >= 11 is 0. The lowest BCUT2D eigenvalue weighted by Crippen LogP contribution is -2.17. The lowest BCUT2D eigenvalue weighted by Gasteiger charge is -2.14. The van der Waals surface area contributed by atoms with Gasteiger partial charge in [0.2, 0.25) is 5.95 Å². The molecule has 32 heavy (non-hydrogen) atoms. The Kier molecular flexibility index (Phi) is 6.28. The third-order valence-corrected chi connectivity index (χ3v) is 6.80. The van der Waals surface area contributed by atoms with Crippen LogP contribution in [0.15, 0.2) is 64.5 Å². The Morgan fingerprint density at radius 1 is 0.969 bits per heavy atom. The first-order chi connectivity index (χ1) is 14.9. The molecule has 0 aliphatic carbocycles. The molecule has 0 fully saturated rings. The quantitative estimate of drug-likeness (QED) is 0.310. The summed E-state index contributed by atoms with van der Waals surface area (Å²) in [4.78, 5) is 18.0. The summed E-state index contributed by atoms with van der Waals surface area (Å²) in [6.07, 6.45) is 0.951. The second-order valence-electron chi connectivity index (χ2n) is 7.29. The SMILES string of the molecule is CC(C)c1ccccc1-c1cc(S(C)(=O)=O)nc(NS(=O)(=O)c2cccc([N+](=O)[O-])c2)n1. The maximum atomic E-state index is 12.8. The third-order valence-electron chi connectivity index (χ3n) is 4.51. The fourth-order valence-electron chi connectivity index (χ4n) is 2.98.